The highest BCUT2D eigenvalue weighted by molar-refractivity contribution is 7.99. The minimum absolute atomic E-state index is 0.103. The number of nitrogens with zero attached hydrogens (tertiary/aromatic N) is 1. The smallest absolute Gasteiger partial charge is 0.283 e. The monoisotopic (exact) mass is 274 g/mol. The summed E-state index contributed by atoms with van der Waals surface area (Å²) in [6.45, 7) is 3.92. The highest BCUT2D eigenvalue weighted by Crippen LogP contribution is 2.38. The highest BCUT2D eigenvalue weighted by Gasteiger charge is 2.15. The van der Waals surface area contributed by atoms with Crippen LogP contribution in [0.3, 0.4) is 0 Å². The number of rotatable bonds is 3. The Hall–Kier alpha value is -2.01. The Labute approximate surface area is 115 Å². The van der Waals surface area contributed by atoms with E-state index in [2.05, 4.69) is 0 Å². The third kappa shape index (κ3) is 2.88. The van der Waals surface area contributed by atoms with E-state index in [1.165, 1.54) is 17.8 Å². The minimum Gasteiger partial charge on any atom is -0.398 e. The van der Waals surface area contributed by atoms with Gasteiger partial charge in [-0.2, -0.15) is 0 Å². The molecule has 0 unspecified atom stereocenters. The molecule has 0 atom stereocenters. The third-order valence-electron chi connectivity index (χ3n) is 2.78. The normalized spacial score (nSPS) is 10.4. The van der Waals surface area contributed by atoms with Crippen molar-refractivity contribution in [3.05, 3.63) is 57.6 Å². The molecule has 0 saturated carbocycles. The maximum atomic E-state index is 11.0. The van der Waals surface area contributed by atoms with Crippen molar-refractivity contribution < 1.29 is 4.92 Å². The molecule has 0 spiro atoms. The van der Waals surface area contributed by atoms with E-state index in [1.807, 2.05) is 26.0 Å². The molecule has 2 N–H and O–H groups in total. The van der Waals surface area contributed by atoms with Gasteiger partial charge in [0.25, 0.3) is 5.69 Å². The maximum Gasteiger partial charge on any atom is 0.283 e. The van der Waals surface area contributed by atoms with Crippen LogP contribution in [0, 0.1) is 24.0 Å². The largest absolute Gasteiger partial charge is 0.398 e. The second-order valence-corrected chi connectivity index (χ2v) is 5.40. The number of nitro groups is 1. The molecule has 2 rings (SSSR count). The van der Waals surface area contributed by atoms with E-state index in [9.17, 15) is 10.1 Å². The fourth-order valence-corrected chi connectivity index (χ4v) is 2.98. The Morgan fingerprint density at radius 1 is 1.16 bits per heavy atom. The lowest BCUT2D eigenvalue weighted by Crippen LogP contribution is -1.95. The molecular weight excluding hydrogens is 260 g/mol. The topological polar surface area (TPSA) is 69.2 Å². The van der Waals surface area contributed by atoms with Crippen molar-refractivity contribution in [2.24, 2.45) is 0 Å². The molecule has 98 valence electrons. The minimum atomic E-state index is -0.374. The zero-order chi connectivity index (χ0) is 14.0. The summed E-state index contributed by atoms with van der Waals surface area (Å²) in [4.78, 5) is 12.1. The van der Waals surface area contributed by atoms with Crippen LogP contribution in [0.4, 0.5) is 11.4 Å². The quantitative estimate of drug-likeness (QED) is 0.523. The number of benzene rings is 2. The molecule has 4 nitrogen and oxygen atoms in total. The third-order valence-corrected chi connectivity index (χ3v) is 3.90. The molecule has 5 heteroatoms. The van der Waals surface area contributed by atoms with Crippen molar-refractivity contribution in [2.75, 3.05) is 5.73 Å². The van der Waals surface area contributed by atoms with Gasteiger partial charge in [0.15, 0.2) is 0 Å². The van der Waals surface area contributed by atoms with Gasteiger partial charge in [-0.1, -0.05) is 30.0 Å². The number of para-hydroxylation sites is 1. The summed E-state index contributed by atoms with van der Waals surface area (Å²) in [5.41, 5.74) is 8.89. The Morgan fingerprint density at radius 3 is 2.53 bits per heavy atom. The van der Waals surface area contributed by atoms with E-state index in [1.54, 1.807) is 18.2 Å². The summed E-state index contributed by atoms with van der Waals surface area (Å²) < 4.78 is 0. The first-order valence-electron chi connectivity index (χ1n) is 5.77. The fourth-order valence-electron chi connectivity index (χ4n) is 1.84. The second-order valence-electron chi connectivity index (χ2n) is 4.32. The predicted molar refractivity (Wildman–Crippen MR) is 77.5 cm³/mol. The first-order valence-corrected chi connectivity index (χ1v) is 6.58. The number of hydrogen-bond acceptors (Lipinski definition) is 4. The van der Waals surface area contributed by atoms with Crippen molar-refractivity contribution in [3.8, 4) is 0 Å². The molecule has 0 saturated heterocycles. The van der Waals surface area contributed by atoms with Gasteiger partial charge in [0.1, 0.15) is 0 Å². The Morgan fingerprint density at radius 2 is 1.84 bits per heavy atom. The van der Waals surface area contributed by atoms with E-state index in [0.717, 1.165) is 16.0 Å². The van der Waals surface area contributed by atoms with E-state index in [-0.39, 0.29) is 10.6 Å². The summed E-state index contributed by atoms with van der Waals surface area (Å²) in [6, 6.07) is 10.6. The first kappa shape index (κ1) is 13.4. The molecule has 19 heavy (non-hydrogen) atoms. The first-order chi connectivity index (χ1) is 8.99. The van der Waals surface area contributed by atoms with Gasteiger partial charge in [-0.05, 0) is 37.1 Å². The van der Waals surface area contributed by atoms with Gasteiger partial charge in [-0.25, -0.2) is 0 Å². The molecule has 0 aliphatic rings. The van der Waals surface area contributed by atoms with Crippen LogP contribution in [0.15, 0.2) is 46.2 Å². The maximum absolute atomic E-state index is 11.0. The molecule has 0 amide bonds. The molecule has 0 aliphatic carbocycles. The Balaban J connectivity index is 2.45. The molecular formula is C14H14N2O2S. The molecule has 2 aromatic rings. The van der Waals surface area contributed by atoms with Crippen LogP contribution >= 0.6 is 11.8 Å². The zero-order valence-corrected chi connectivity index (χ0v) is 11.5. The van der Waals surface area contributed by atoms with E-state index >= 15 is 0 Å². The van der Waals surface area contributed by atoms with Crippen LogP contribution in [-0.2, 0) is 0 Å². The van der Waals surface area contributed by atoms with Crippen LogP contribution < -0.4 is 5.73 Å². The summed E-state index contributed by atoms with van der Waals surface area (Å²) >= 11 is 1.33. The molecule has 0 bridgehead atoms. The number of anilines is 1. The summed E-state index contributed by atoms with van der Waals surface area (Å²) in [7, 11) is 0. The van der Waals surface area contributed by atoms with Crippen molar-refractivity contribution in [2.45, 2.75) is 23.6 Å². The summed E-state index contributed by atoms with van der Waals surface area (Å²) in [6.07, 6.45) is 0. The lowest BCUT2D eigenvalue weighted by molar-refractivity contribution is -0.387. The Kier molecular flexibility index (Phi) is 3.76. The number of aryl methyl sites for hydroxylation is 2. The van der Waals surface area contributed by atoms with Gasteiger partial charge in [0.2, 0.25) is 0 Å². The van der Waals surface area contributed by atoms with Gasteiger partial charge < -0.3 is 5.73 Å². The number of nitro benzene ring substituents is 1. The predicted octanol–water partition coefficient (Wildman–Crippen LogP) is 3.95. The molecule has 0 heterocycles. The van der Waals surface area contributed by atoms with E-state index in [0.29, 0.717) is 10.6 Å². The van der Waals surface area contributed by atoms with Gasteiger partial charge >= 0.3 is 0 Å². The van der Waals surface area contributed by atoms with Gasteiger partial charge in [-0.3, -0.25) is 10.1 Å². The fraction of sp³-hybridized carbons (Fsp3) is 0.143. The van der Waals surface area contributed by atoms with Crippen LogP contribution in [0.25, 0.3) is 0 Å². The molecule has 2 aromatic carbocycles. The summed E-state index contributed by atoms with van der Waals surface area (Å²) in [5.74, 6) is 0. The van der Waals surface area contributed by atoms with Crippen molar-refractivity contribution in [1.29, 1.82) is 0 Å². The highest BCUT2D eigenvalue weighted by atomic mass is 32.2. The van der Waals surface area contributed by atoms with E-state index < -0.39 is 0 Å². The average Bonchev–Trinajstić information content (AvgIpc) is 2.35. The molecule has 0 fully saturated rings. The van der Waals surface area contributed by atoms with Crippen molar-refractivity contribution in [3.63, 3.8) is 0 Å². The van der Waals surface area contributed by atoms with Gasteiger partial charge in [-0.15, -0.1) is 0 Å². The van der Waals surface area contributed by atoms with Crippen LogP contribution in [0.5, 0.6) is 0 Å². The lowest BCUT2D eigenvalue weighted by atomic mass is 10.1. The van der Waals surface area contributed by atoms with Gasteiger partial charge in [0, 0.05) is 16.6 Å². The zero-order valence-electron chi connectivity index (χ0n) is 10.7. The van der Waals surface area contributed by atoms with Crippen LogP contribution in [0.2, 0.25) is 0 Å². The number of hydrogen-bond donors (Lipinski definition) is 1. The van der Waals surface area contributed by atoms with E-state index in [4.69, 9.17) is 5.73 Å². The van der Waals surface area contributed by atoms with Crippen LogP contribution in [-0.4, -0.2) is 4.92 Å². The number of nitrogens with two attached hydrogens (primary N) is 1. The van der Waals surface area contributed by atoms with Crippen molar-refractivity contribution in [1.82, 2.24) is 0 Å². The van der Waals surface area contributed by atoms with Crippen LogP contribution in [0.1, 0.15) is 11.1 Å². The number of nitrogen functional groups attached to an aromatic ring is 1. The van der Waals surface area contributed by atoms with Gasteiger partial charge in [0.05, 0.1) is 9.82 Å². The average molecular weight is 274 g/mol. The summed E-state index contributed by atoms with van der Waals surface area (Å²) in [5, 5.41) is 11.0. The molecule has 0 aromatic heterocycles. The van der Waals surface area contributed by atoms with Crippen molar-refractivity contribution >= 4 is 23.1 Å². The lowest BCUT2D eigenvalue weighted by Gasteiger charge is -2.10. The SMILES string of the molecule is Cc1cc(C)c(N)c(Sc2ccccc2[N+](=O)[O-])c1. The Bertz CT molecular complexity index is 641. The standard InChI is InChI=1S/C14H14N2O2S/c1-9-7-10(2)14(15)13(8-9)19-12-6-4-3-5-11(12)16(17)18/h3-8H,15H2,1-2H3. The molecule has 0 radical (unpaired) electrons. The second kappa shape index (κ2) is 5.32. The molecule has 0 aliphatic heterocycles.